The van der Waals surface area contributed by atoms with E-state index in [2.05, 4.69) is 5.32 Å². The zero-order valence-electron chi connectivity index (χ0n) is 9.56. The van der Waals surface area contributed by atoms with Crippen molar-refractivity contribution in [1.29, 1.82) is 0 Å². The lowest BCUT2D eigenvalue weighted by Crippen LogP contribution is -2.30. The van der Waals surface area contributed by atoms with E-state index in [0.29, 0.717) is 18.7 Å². The minimum atomic E-state index is -0.892. The molecule has 0 aliphatic carbocycles. The van der Waals surface area contributed by atoms with E-state index in [-0.39, 0.29) is 6.04 Å². The molecule has 88 valence electrons. The molecule has 0 aliphatic rings. The number of rotatable bonds is 6. The number of carboxylic acid groups (broad SMARTS) is 1. The lowest BCUT2D eigenvalue weighted by Gasteiger charge is -2.13. The molecule has 1 atom stereocenters. The standard InChI is InChI=1S/C12H17NO3/c1-9(8-16-2)13-7-10-5-3-4-6-11(10)12(14)15/h3-6,9,13H,7-8H2,1-2H3,(H,14,15). The summed E-state index contributed by atoms with van der Waals surface area (Å²) in [5.74, 6) is -0.892. The quantitative estimate of drug-likeness (QED) is 0.767. The van der Waals surface area contributed by atoms with E-state index >= 15 is 0 Å². The first-order valence-electron chi connectivity index (χ1n) is 5.18. The highest BCUT2D eigenvalue weighted by Gasteiger charge is 2.09. The first-order chi connectivity index (χ1) is 7.65. The number of benzene rings is 1. The molecule has 0 saturated heterocycles. The smallest absolute Gasteiger partial charge is 0.336 e. The molecule has 1 rings (SSSR count). The molecule has 0 amide bonds. The SMILES string of the molecule is COCC(C)NCc1ccccc1C(=O)O. The van der Waals surface area contributed by atoms with Gasteiger partial charge in [0.2, 0.25) is 0 Å². The zero-order chi connectivity index (χ0) is 12.0. The van der Waals surface area contributed by atoms with E-state index in [9.17, 15) is 4.79 Å². The van der Waals surface area contributed by atoms with Crippen molar-refractivity contribution >= 4 is 5.97 Å². The molecule has 1 aromatic carbocycles. The Morgan fingerprint density at radius 2 is 2.19 bits per heavy atom. The minimum absolute atomic E-state index is 0.201. The van der Waals surface area contributed by atoms with Gasteiger partial charge in [-0.2, -0.15) is 0 Å². The third kappa shape index (κ3) is 3.64. The van der Waals surface area contributed by atoms with Crippen LogP contribution in [0.4, 0.5) is 0 Å². The molecule has 0 bridgehead atoms. The second kappa shape index (κ2) is 6.25. The highest BCUT2D eigenvalue weighted by atomic mass is 16.5. The lowest BCUT2D eigenvalue weighted by atomic mass is 10.1. The van der Waals surface area contributed by atoms with Gasteiger partial charge in [0.15, 0.2) is 0 Å². The second-order valence-corrected chi connectivity index (χ2v) is 3.70. The van der Waals surface area contributed by atoms with Crippen molar-refractivity contribution in [2.24, 2.45) is 0 Å². The molecule has 0 saturated carbocycles. The van der Waals surface area contributed by atoms with Crippen molar-refractivity contribution < 1.29 is 14.6 Å². The Morgan fingerprint density at radius 3 is 2.81 bits per heavy atom. The average Bonchev–Trinajstić information content (AvgIpc) is 2.27. The topological polar surface area (TPSA) is 58.6 Å². The van der Waals surface area contributed by atoms with E-state index in [1.165, 1.54) is 0 Å². The fourth-order valence-electron chi connectivity index (χ4n) is 1.48. The van der Waals surface area contributed by atoms with Gasteiger partial charge in [0.25, 0.3) is 0 Å². The Morgan fingerprint density at radius 1 is 1.50 bits per heavy atom. The third-order valence-electron chi connectivity index (χ3n) is 2.31. The van der Waals surface area contributed by atoms with Gasteiger partial charge in [-0.15, -0.1) is 0 Å². The number of nitrogens with one attached hydrogen (secondary N) is 1. The van der Waals surface area contributed by atoms with Gasteiger partial charge in [-0.05, 0) is 18.6 Å². The maximum Gasteiger partial charge on any atom is 0.336 e. The van der Waals surface area contributed by atoms with Crippen LogP contribution in [-0.2, 0) is 11.3 Å². The average molecular weight is 223 g/mol. The molecule has 0 fully saturated rings. The van der Waals surface area contributed by atoms with E-state index in [1.807, 2.05) is 19.1 Å². The van der Waals surface area contributed by atoms with E-state index in [1.54, 1.807) is 19.2 Å². The Labute approximate surface area is 95.2 Å². The van der Waals surface area contributed by atoms with Gasteiger partial charge >= 0.3 is 5.97 Å². The fourth-order valence-corrected chi connectivity index (χ4v) is 1.48. The summed E-state index contributed by atoms with van der Waals surface area (Å²) in [6.45, 7) is 3.13. The van der Waals surface area contributed by atoms with Crippen LogP contribution in [-0.4, -0.2) is 30.8 Å². The van der Waals surface area contributed by atoms with E-state index in [0.717, 1.165) is 5.56 Å². The number of methoxy groups -OCH3 is 1. The molecule has 4 nitrogen and oxygen atoms in total. The van der Waals surface area contributed by atoms with Crippen LogP contribution >= 0.6 is 0 Å². The van der Waals surface area contributed by atoms with Crippen molar-refractivity contribution in [2.45, 2.75) is 19.5 Å². The van der Waals surface area contributed by atoms with Crippen LogP contribution in [0.2, 0.25) is 0 Å². The number of aromatic carboxylic acids is 1. The van der Waals surface area contributed by atoms with Crippen LogP contribution in [0.1, 0.15) is 22.8 Å². The highest BCUT2D eigenvalue weighted by molar-refractivity contribution is 5.89. The van der Waals surface area contributed by atoms with Crippen molar-refractivity contribution in [3.05, 3.63) is 35.4 Å². The van der Waals surface area contributed by atoms with Crippen molar-refractivity contribution in [1.82, 2.24) is 5.32 Å². The third-order valence-corrected chi connectivity index (χ3v) is 2.31. The molecule has 2 N–H and O–H groups in total. The second-order valence-electron chi connectivity index (χ2n) is 3.70. The molecule has 0 radical (unpaired) electrons. The molecule has 4 heteroatoms. The van der Waals surface area contributed by atoms with Crippen LogP contribution in [0.15, 0.2) is 24.3 Å². The van der Waals surface area contributed by atoms with Gasteiger partial charge in [0.05, 0.1) is 12.2 Å². The number of hydrogen-bond donors (Lipinski definition) is 2. The summed E-state index contributed by atoms with van der Waals surface area (Å²) in [4.78, 5) is 10.9. The largest absolute Gasteiger partial charge is 0.478 e. The maximum absolute atomic E-state index is 10.9. The first kappa shape index (κ1) is 12.7. The Bertz CT molecular complexity index is 352. The Hall–Kier alpha value is -1.39. The van der Waals surface area contributed by atoms with E-state index in [4.69, 9.17) is 9.84 Å². The molecule has 0 aromatic heterocycles. The van der Waals surface area contributed by atoms with Crippen LogP contribution in [0.3, 0.4) is 0 Å². The number of carbonyl (C=O) groups is 1. The summed E-state index contributed by atoms with van der Waals surface area (Å²) >= 11 is 0. The van der Waals surface area contributed by atoms with Gasteiger partial charge in [0.1, 0.15) is 0 Å². The molecular weight excluding hydrogens is 206 g/mol. The fraction of sp³-hybridized carbons (Fsp3) is 0.417. The van der Waals surface area contributed by atoms with Crippen LogP contribution < -0.4 is 5.32 Å². The van der Waals surface area contributed by atoms with Crippen molar-refractivity contribution in [3.8, 4) is 0 Å². The first-order valence-corrected chi connectivity index (χ1v) is 5.18. The molecule has 0 heterocycles. The molecule has 1 aromatic rings. The summed E-state index contributed by atoms with van der Waals surface area (Å²) < 4.78 is 4.99. The number of ether oxygens (including phenoxy) is 1. The van der Waals surface area contributed by atoms with Gasteiger partial charge in [-0.25, -0.2) is 4.79 Å². The molecule has 16 heavy (non-hydrogen) atoms. The van der Waals surface area contributed by atoms with Crippen molar-refractivity contribution in [3.63, 3.8) is 0 Å². The summed E-state index contributed by atoms with van der Waals surface area (Å²) in [6, 6.07) is 7.19. The van der Waals surface area contributed by atoms with Gasteiger partial charge in [-0.1, -0.05) is 18.2 Å². The number of hydrogen-bond acceptors (Lipinski definition) is 3. The summed E-state index contributed by atoms with van der Waals surface area (Å²) in [6.07, 6.45) is 0. The van der Waals surface area contributed by atoms with Gasteiger partial charge in [-0.3, -0.25) is 0 Å². The molecular formula is C12H17NO3. The zero-order valence-corrected chi connectivity index (χ0v) is 9.56. The predicted molar refractivity (Wildman–Crippen MR) is 61.6 cm³/mol. The normalized spacial score (nSPS) is 12.4. The molecule has 0 spiro atoms. The summed E-state index contributed by atoms with van der Waals surface area (Å²) in [5.41, 5.74) is 1.14. The Kier molecular flexibility index (Phi) is 4.95. The van der Waals surface area contributed by atoms with Crippen LogP contribution in [0, 0.1) is 0 Å². The summed E-state index contributed by atoms with van der Waals surface area (Å²) in [5, 5.41) is 12.2. The van der Waals surface area contributed by atoms with Gasteiger partial charge < -0.3 is 15.2 Å². The van der Waals surface area contributed by atoms with E-state index < -0.39 is 5.97 Å². The predicted octanol–water partition coefficient (Wildman–Crippen LogP) is 1.51. The Balaban J connectivity index is 2.63. The van der Waals surface area contributed by atoms with Crippen molar-refractivity contribution in [2.75, 3.05) is 13.7 Å². The molecule has 0 aliphatic heterocycles. The number of carboxylic acids is 1. The summed E-state index contributed by atoms with van der Waals surface area (Å²) in [7, 11) is 1.64. The lowest BCUT2D eigenvalue weighted by molar-refractivity contribution is 0.0695. The minimum Gasteiger partial charge on any atom is -0.478 e. The highest BCUT2D eigenvalue weighted by Crippen LogP contribution is 2.08. The molecule has 1 unspecified atom stereocenters. The monoisotopic (exact) mass is 223 g/mol. The van der Waals surface area contributed by atoms with Crippen LogP contribution in [0.25, 0.3) is 0 Å². The maximum atomic E-state index is 10.9. The van der Waals surface area contributed by atoms with Gasteiger partial charge in [0, 0.05) is 19.7 Å². The van der Waals surface area contributed by atoms with Crippen LogP contribution in [0.5, 0.6) is 0 Å².